The second-order valence-corrected chi connectivity index (χ2v) is 6.83. The van der Waals surface area contributed by atoms with Crippen LogP contribution in [0.2, 0.25) is 0 Å². The number of aryl methyl sites for hydroxylation is 1. The Labute approximate surface area is 134 Å². The zero-order chi connectivity index (χ0) is 14.8. The van der Waals surface area contributed by atoms with Gasteiger partial charge in [0.15, 0.2) is 0 Å². The third-order valence-corrected chi connectivity index (χ3v) is 5.58. The Morgan fingerprint density at radius 2 is 1.50 bits per heavy atom. The van der Waals surface area contributed by atoms with E-state index in [9.17, 15) is 0 Å². The number of likely N-dealkylation sites (tertiary alicyclic amines) is 1. The van der Waals surface area contributed by atoms with Crippen LogP contribution in [0.3, 0.4) is 0 Å². The third-order valence-electron chi connectivity index (χ3n) is 5.58. The van der Waals surface area contributed by atoms with Crippen molar-refractivity contribution in [3.05, 3.63) is 71.3 Å². The van der Waals surface area contributed by atoms with E-state index in [0.29, 0.717) is 6.04 Å². The van der Waals surface area contributed by atoms with Crippen molar-refractivity contribution in [1.82, 2.24) is 4.90 Å². The first-order valence-corrected chi connectivity index (χ1v) is 8.78. The minimum atomic E-state index is 0.668. The molecule has 2 aliphatic rings. The summed E-state index contributed by atoms with van der Waals surface area (Å²) in [7, 11) is 0. The molecule has 0 N–H and O–H groups in total. The van der Waals surface area contributed by atoms with Crippen molar-refractivity contribution in [3.63, 3.8) is 0 Å². The van der Waals surface area contributed by atoms with Gasteiger partial charge in [-0.25, -0.2) is 0 Å². The van der Waals surface area contributed by atoms with Gasteiger partial charge in [-0.1, -0.05) is 54.6 Å². The summed E-state index contributed by atoms with van der Waals surface area (Å²) in [6.45, 7) is 2.50. The normalized spacial score (nSPS) is 23.2. The zero-order valence-electron chi connectivity index (χ0n) is 13.2. The largest absolute Gasteiger partial charge is 0.296 e. The molecule has 1 heteroatoms. The highest BCUT2D eigenvalue weighted by atomic mass is 15.2. The first-order chi connectivity index (χ1) is 10.9. The second-order valence-electron chi connectivity index (χ2n) is 6.83. The van der Waals surface area contributed by atoms with Crippen molar-refractivity contribution in [3.8, 4) is 0 Å². The summed E-state index contributed by atoms with van der Waals surface area (Å²) in [5.74, 6) is 0.760. The van der Waals surface area contributed by atoms with E-state index in [0.717, 1.165) is 5.92 Å². The molecule has 0 bridgehead atoms. The lowest BCUT2D eigenvalue weighted by Crippen LogP contribution is -2.37. The maximum Gasteiger partial charge on any atom is 0.0350 e. The van der Waals surface area contributed by atoms with E-state index in [1.165, 1.54) is 50.8 Å². The molecule has 1 atom stereocenters. The van der Waals surface area contributed by atoms with E-state index in [4.69, 9.17) is 0 Å². The molecule has 2 aromatic rings. The summed E-state index contributed by atoms with van der Waals surface area (Å²) < 4.78 is 0. The monoisotopic (exact) mass is 291 g/mol. The Morgan fingerprint density at radius 1 is 0.773 bits per heavy atom. The average molecular weight is 291 g/mol. The highest BCUT2D eigenvalue weighted by molar-refractivity contribution is 5.32. The fourth-order valence-electron chi connectivity index (χ4n) is 4.38. The Balaban J connectivity index is 1.46. The van der Waals surface area contributed by atoms with Gasteiger partial charge in [0.2, 0.25) is 0 Å². The predicted molar refractivity (Wildman–Crippen MR) is 92.1 cm³/mol. The molecule has 1 saturated heterocycles. The van der Waals surface area contributed by atoms with E-state index in [-0.39, 0.29) is 0 Å². The fourth-order valence-corrected chi connectivity index (χ4v) is 4.38. The van der Waals surface area contributed by atoms with Crippen LogP contribution in [0.1, 0.15) is 54.3 Å². The van der Waals surface area contributed by atoms with E-state index >= 15 is 0 Å². The standard InChI is InChI=1S/C21H25N/c1-2-7-17(8-3-1)18-13-15-22(16-14-18)21-12-6-10-19-9-4-5-11-20(19)21/h1-5,7-9,11,18,21H,6,10,12-16H2. The number of benzene rings is 2. The van der Waals surface area contributed by atoms with E-state index in [1.807, 2.05) is 0 Å². The highest BCUT2D eigenvalue weighted by Crippen LogP contribution is 2.38. The SMILES string of the molecule is c1ccc(C2CCN(C3CCCc4ccccc43)CC2)cc1. The Bertz CT molecular complexity index is 611. The molecule has 1 aliphatic heterocycles. The molecule has 1 nitrogen and oxygen atoms in total. The summed E-state index contributed by atoms with van der Waals surface area (Å²) in [5, 5.41) is 0. The second kappa shape index (κ2) is 6.26. The topological polar surface area (TPSA) is 3.24 Å². The molecule has 0 amide bonds. The first kappa shape index (κ1) is 14.0. The van der Waals surface area contributed by atoms with Gasteiger partial charge in [-0.05, 0) is 67.8 Å². The Kier molecular flexibility index (Phi) is 3.99. The molecule has 1 heterocycles. The lowest BCUT2D eigenvalue weighted by Gasteiger charge is -2.40. The molecule has 0 spiro atoms. The average Bonchev–Trinajstić information content (AvgIpc) is 2.62. The van der Waals surface area contributed by atoms with Crippen LogP contribution in [0.25, 0.3) is 0 Å². The smallest absolute Gasteiger partial charge is 0.0350 e. The van der Waals surface area contributed by atoms with Crippen LogP contribution in [-0.2, 0) is 6.42 Å². The summed E-state index contributed by atoms with van der Waals surface area (Å²) in [6, 6.07) is 20.9. The Hall–Kier alpha value is -1.60. The van der Waals surface area contributed by atoms with Crippen LogP contribution in [0.5, 0.6) is 0 Å². The van der Waals surface area contributed by atoms with Crippen LogP contribution in [-0.4, -0.2) is 18.0 Å². The van der Waals surface area contributed by atoms with Crippen LogP contribution < -0.4 is 0 Å². The molecular formula is C21H25N. The maximum absolute atomic E-state index is 2.75. The summed E-state index contributed by atoms with van der Waals surface area (Å²) in [6.07, 6.45) is 6.58. The lowest BCUT2D eigenvalue weighted by molar-refractivity contribution is 0.138. The molecule has 0 radical (unpaired) electrons. The molecule has 22 heavy (non-hydrogen) atoms. The quantitative estimate of drug-likeness (QED) is 0.757. The maximum atomic E-state index is 2.75. The van der Waals surface area contributed by atoms with Gasteiger partial charge in [-0.2, -0.15) is 0 Å². The van der Waals surface area contributed by atoms with Gasteiger partial charge in [-0.3, -0.25) is 4.90 Å². The fraction of sp³-hybridized carbons (Fsp3) is 0.429. The number of rotatable bonds is 2. The molecular weight excluding hydrogens is 266 g/mol. The number of nitrogens with zero attached hydrogens (tertiary/aromatic N) is 1. The Morgan fingerprint density at radius 3 is 2.32 bits per heavy atom. The van der Waals surface area contributed by atoms with Crippen LogP contribution >= 0.6 is 0 Å². The summed E-state index contributed by atoms with van der Waals surface area (Å²) >= 11 is 0. The van der Waals surface area contributed by atoms with Gasteiger partial charge in [0.1, 0.15) is 0 Å². The van der Waals surface area contributed by atoms with Gasteiger partial charge in [0, 0.05) is 6.04 Å². The van der Waals surface area contributed by atoms with Crippen LogP contribution in [0.15, 0.2) is 54.6 Å². The summed E-state index contributed by atoms with van der Waals surface area (Å²) in [5.41, 5.74) is 4.72. The third kappa shape index (κ3) is 2.70. The van der Waals surface area contributed by atoms with E-state index < -0.39 is 0 Å². The van der Waals surface area contributed by atoms with Gasteiger partial charge in [0.05, 0.1) is 0 Å². The van der Waals surface area contributed by atoms with Gasteiger partial charge in [-0.15, -0.1) is 0 Å². The van der Waals surface area contributed by atoms with Crippen molar-refractivity contribution in [2.24, 2.45) is 0 Å². The van der Waals surface area contributed by atoms with E-state index in [2.05, 4.69) is 59.5 Å². The summed E-state index contributed by atoms with van der Waals surface area (Å²) in [4.78, 5) is 2.75. The van der Waals surface area contributed by atoms with Crippen LogP contribution in [0, 0.1) is 0 Å². The molecule has 0 aromatic heterocycles. The number of hydrogen-bond acceptors (Lipinski definition) is 1. The highest BCUT2D eigenvalue weighted by Gasteiger charge is 2.29. The van der Waals surface area contributed by atoms with Crippen molar-refractivity contribution in [2.75, 3.05) is 13.1 Å². The van der Waals surface area contributed by atoms with Crippen molar-refractivity contribution in [2.45, 2.75) is 44.1 Å². The molecule has 1 aliphatic carbocycles. The zero-order valence-corrected chi connectivity index (χ0v) is 13.2. The van der Waals surface area contributed by atoms with Gasteiger partial charge < -0.3 is 0 Å². The lowest BCUT2D eigenvalue weighted by atomic mass is 9.84. The van der Waals surface area contributed by atoms with Crippen molar-refractivity contribution < 1.29 is 0 Å². The minimum Gasteiger partial charge on any atom is -0.296 e. The molecule has 2 aromatic carbocycles. The number of piperidine rings is 1. The van der Waals surface area contributed by atoms with Crippen molar-refractivity contribution >= 4 is 0 Å². The van der Waals surface area contributed by atoms with Crippen molar-refractivity contribution in [1.29, 1.82) is 0 Å². The minimum absolute atomic E-state index is 0.668. The van der Waals surface area contributed by atoms with Gasteiger partial charge in [0.25, 0.3) is 0 Å². The predicted octanol–water partition coefficient (Wildman–Crippen LogP) is 4.94. The molecule has 1 unspecified atom stereocenters. The molecule has 0 saturated carbocycles. The molecule has 1 fully saturated rings. The molecule has 4 rings (SSSR count). The van der Waals surface area contributed by atoms with Gasteiger partial charge >= 0.3 is 0 Å². The molecule has 114 valence electrons. The number of hydrogen-bond donors (Lipinski definition) is 0. The first-order valence-electron chi connectivity index (χ1n) is 8.78. The van der Waals surface area contributed by atoms with Crippen LogP contribution in [0.4, 0.5) is 0 Å². The van der Waals surface area contributed by atoms with E-state index in [1.54, 1.807) is 11.1 Å². The number of fused-ring (bicyclic) bond motifs is 1.